The maximum absolute atomic E-state index is 12.0. The minimum absolute atomic E-state index is 0.0265. The molecule has 2 aromatic heterocycles. The highest BCUT2D eigenvalue weighted by atomic mass is 32.1. The van der Waals surface area contributed by atoms with Gasteiger partial charge in [-0.05, 0) is 43.2 Å². The number of hydrogen-bond acceptors (Lipinski definition) is 5. The first-order valence-corrected chi connectivity index (χ1v) is 9.58. The lowest BCUT2D eigenvalue weighted by Gasteiger charge is -2.04. The molecule has 1 aromatic carbocycles. The van der Waals surface area contributed by atoms with E-state index in [2.05, 4.69) is 22.3 Å². The Balaban J connectivity index is 1.50. The Bertz CT molecular complexity index is 812. The largest absolute Gasteiger partial charge is 0.494 e. The SMILES string of the molecule is CCCOc1ccc(-c2csc(NC(=O)CCCn3cccn3)n2)cc1. The van der Waals surface area contributed by atoms with E-state index in [-0.39, 0.29) is 5.91 Å². The Morgan fingerprint density at radius 2 is 2.15 bits per heavy atom. The summed E-state index contributed by atoms with van der Waals surface area (Å²) in [5.41, 5.74) is 1.85. The summed E-state index contributed by atoms with van der Waals surface area (Å²) in [4.78, 5) is 16.5. The van der Waals surface area contributed by atoms with Gasteiger partial charge in [0.2, 0.25) is 5.91 Å². The molecule has 26 heavy (non-hydrogen) atoms. The molecule has 3 rings (SSSR count). The molecule has 1 amide bonds. The summed E-state index contributed by atoms with van der Waals surface area (Å²) in [6, 6.07) is 9.72. The highest BCUT2D eigenvalue weighted by molar-refractivity contribution is 7.14. The van der Waals surface area contributed by atoms with Crippen molar-refractivity contribution < 1.29 is 9.53 Å². The molecule has 0 aliphatic rings. The molecule has 0 unspecified atom stereocenters. The molecule has 0 bridgehead atoms. The Hall–Kier alpha value is -2.67. The maximum atomic E-state index is 12.0. The van der Waals surface area contributed by atoms with Gasteiger partial charge < -0.3 is 10.1 Å². The molecular weight excluding hydrogens is 348 g/mol. The number of aromatic nitrogens is 3. The quantitative estimate of drug-likeness (QED) is 0.612. The first-order valence-electron chi connectivity index (χ1n) is 8.70. The second-order valence-electron chi connectivity index (χ2n) is 5.83. The zero-order valence-electron chi connectivity index (χ0n) is 14.7. The Kier molecular flexibility index (Phi) is 6.38. The van der Waals surface area contributed by atoms with E-state index >= 15 is 0 Å². The third-order valence-corrected chi connectivity index (χ3v) is 4.48. The fraction of sp³-hybridized carbons (Fsp3) is 0.316. The van der Waals surface area contributed by atoms with Crippen molar-refractivity contribution in [2.45, 2.75) is 32.7 Å². The minimum Gasteiger partial charge on any atom is -0.494 e. The van der Waals surface area contributed by atoms with Crippen LogP contribution in [0.5, 0.6) is 5.75 Å². The van der Waals surface area contributed by atoms with Crippen LogP contribution in [0.15, 0.2) is 48.1 Å². The molecule has 0 spiro atoms. The van der Waals surface area contributed by atoms with Crippen LogP contribution < -0.4 is 10.1 Å². The molecule has 0 aliphatic heterocycles. The molecule has 0 aliphatic carbocycles. The van der Waals surface area contributed by atoms with Crippen molar-refractivity contribution in [1.82, 2.24) is 14.8 Å². The molecule has 136 valence electrons. The lowest BCUT2D eigenvalue weighted by Crippen LogP contribution is -2.12. The van der Waals surface area contributed by atoms with E-state index in [1.54, 1.807) is 6.20 Å². The standard InChI is InChI=1S/C19H22N4O2S/c1-2-13-25-16-8-6-15(7-9-16)17-14-26-19(21-17)22-18(24)5-3-11-23-12-4-10-20-23/h4,6-10,12,14H,2-3,5,11,13H2,1H3,(H,21,22,24). The van der Waals surface area contributed by atoms with Crippen LogP contribution in [0.4, 0.5) is 5.13 Å². The third-order valence-electron chi connectivity index (χ3n) is 3.72. The van der Waals surface area contributed by atoms with Crippen molar-refractivity contribution in [2.24, 2.45) is 0 Å². The van der Waals surface area contributed by atoms with Gasteiger partial charge in [-0.25, -0.2) is 4.98 Å². The van der Waals surface area contributed by atoms with Crippen LogP contribution in [-0.4, -0.2) is 27.3 Å². The summed E-state index contributed by atoms with van der Waals surface area (Å²) >= 11 is 1.43. The van der Waals surface area contributed by atoms with Crippen LogP contribution in [0.25, 0.3) is 11.3 Å². The van der Waals surface area contributed by atoms with Crippen molar-refractivity contribution in [3.8, 4) is 17.0 Å². The van der Waals surface area contributed by atoms with Gasteiger partial charge in [0, 0.05) is 36.3 Å². The first kappa shape index (κ1) is 18.1. The lowest BCUT2D eigenvalue weighted by atomic mass is 10.2. The molecule has 1 N–H and O–H groups in total. The molecule has 3 aromatic rings. The predicted octanol–water partition coefficient (Wildman–Crippen LogP) is 4.21. The van der Waals surface area contributed by atoms with Gasteiger partial charge in [0.05, 0.1) is 12.3 Å². The van der Waals surface area contributed by atoms with Crippen molar-refractivity contribution in [3.63, 3.8) is 0 Å². The molecule has 0 saturated heterocycles. The lowest BCUT2D eigenvalue weighted by molar-refractivity contribution is -0.116. The van der Waals surface area contributed by atoms with Crippen molar-refractivity contribution in [3.05, 3.63) is 48.1 Å². The Labute approximate surface area is 156 Å². The molecule has 0 fully saturated rings. The molecule has 7 heteroatoms. The number of aryl methyl sites for hydroxylation is 1. The minimum atomic E-state index is -0.0265. The third kappa shape index (κ3) is 5.16. The van der Waals surface area contributed by atoms with Gasteiger partial charge in [0.25, 0.3) is 0 Å². The van der Waals surface area contributed by atoms with Gasteiger partial charge in [0.1, 0.15) is 5.75 Å². The Morgan fingerprint density at radius 3 is 2.88 bits per heavy atom. The molecule has 6 nitrogen and oxygen atoms in total. The summed E-state index contributed by atoms with van der Waals surface area (Å²) < 4.78 is 7.41. The fourth-order valence-corrected chi connectivity index (χ4v) is 3.16. The van der Waals surface area contributed by atoms with Gasteiger partial charge in [-0.15, -0.1) is 11.3 Å². The molecule has 0 radical (unpaired) electrons. The van der Waals surface area contributed by atoms with Crippen LogP contribution in [0.2, 0.25) is 0 Å². The zero-order valence-corrected chi connectivity index (χ0v) is 15.5. The summed E-state index contributed by atoms with van der Waals surface area (Å²) in [7, 11) is 0. The van der Waals surface area contributed by atoms with E-state index in [1.165, 1.54) is 11.3 Å². The highest BCUT2D eigenvalue weighted by Crippen LogP contribution is 2.26. The van der Waals surface area contributed by atoms with E-state index in [0.717, 1.165) is 36.4 Å². The number of nitrogens with zero attached hydrogens (tertiary/aromatic N) is 3. The first-order chi connectivity index (χ1) is 12.7. The number of ether oxygens (including phenoxy) is 1. The summed E-state index contributed by atoms with van der Waals surface area (Å²) in [5, 5.41) is 9.55. The van der Waals surface area contributed by atoms with Crippen LogP contribution >= 0.6 is 11.3 Å². The second-order valence-corrected chi connectivity index (χ2v) is 6.69. The number of carbonyl (C=O) groups excluding carboxylic acids is 1. The molecule has 0 saturated carbocycles. The smallest absolute Gasteiger partial charge is 0.226 e. The van der Waals surface area contributed by atoms with Crippen molar-refractivity contribution in [2.75, 3.05) is 11.9 Å². The number of carbonyl (C=O) groups is 1. The van der Waals surface area contributed by atoms with Gasteiger partial charge in [-0.2, -0.15) is 5.10 Å². The molecule has 0 atom stereocenters. The number of rotatable bonds is 9. The van der Waals surface area contributed by atoms with Gasteiger partial charge in [-0.3, -0.25) is 9.48 Å². The van der Waals surface area contributed by atoms with Crippen LogP contribution in [0.3, 0.4) is 0 Å². The van der Waals surface area contributed by atoms with Crippen molar-refractivity contribution >= 4 is 22.4 Å². The predicted molar refractivity (Wildman–Crippen MR) is 103 cm³/mol. The fourth-order valence-electron chi connectivity index (χ4n) is 2.42. The second kappa shape index (κ2) is 9.15. The number of anilines is 1. The maximum Gasteiger partial charge on any atom is 0.226 e. The summed E-state index contributed by atoms with van der Waals surface area (Å²) in [6.07, 6.45) is 5.80. The van der Waals surface area contributed by atoms with Crippen molar-refractivity contribution in [1.29, 1.82) is 0 Å². The Morgan fingerprint density at radius 1 is 1.31 bits per heavy atom. The van der Waals surface area contributed by atoms with E-state index in [4.69, 9.17) is 4.74 Å². The number of benzene rings is 1. The summed E-state index contributed by atoms with van der Waals surface area (Å²) in [5.74, 6) is 0.831. The molecular formula is C19H22N4O2S. The number of amides is 1. The summed E-state index contributed by atoms with van der Waals surface area (Å²) in [6.45, 7) is 3.53. The van der Waals surface area contributed by atoms with Crippen LogP contribution in [0, 0.1) is 0 Å². The van der Waals surface area contributed by atoms with Gasteiger partial charge in [-0.1, -0.05) is 6.92 Å². The van der Waals surface area contributed by atoms with Gasteiger partial charge in [0.15, 0.2) is 5.13 Å². The number of thiazole rings is 1. The zero-order chi connectivity index (χ0) is 18.2. The molecule has 2 heterocycles. The monoisotopic (exact) mass is 370 g/mol. The number of nitrogens with one attached hydrogen (secondary N) is 1. The van der Waals surface area contributed by atoms with Gasteiger partial charge >= 0.3 is 0 Å². The number of hydrogen-bond donors (Lipinski definition) is 1. The van der Waals surface area contributed by atoms with Crippen LogP contribution in [0.1, 0.15) is 26.2 Å². The average Bonchev–Trinajstić information content (AvgIpc) is 3.32. The normalized spacial score (nSPS) is 10.7. The topological polar surface area (TPSA) is 69.0 Å². The van der Waals surface area contributed by atoms with E-state index in [9.17, 15) is 4.79 Å². The van der Waals surface area contributed by atoms with E-state index < -0.39 is 0 Å². The highest BCUT2D eigenvalue weighted by Gasteiger charge is 2.08. The van der Waals surface area contributed by atoms with E-state index in [1.807, 2.05) is 46.6 Å². The van der Waals surface area contributed by atoms with Crippen LogP contribution in [-0.2, 0) is 11.3 Å². The van der Waals surface area contributed by atoms with E-state index in [0.29, 0.717) is 18.2 Å². The average molecular weight is 370 g/mol.